The van der Waals surface area contributed by atoms with Gasteiger partial charge in [-0.05, 0) is 30.2 Å². The first-order valence-electron chi connectivity index (χ1n) is 8.39. The lowest BCUT2D eigenvalue weighted by Gasteiger charge is -2.30. The third kappa shape index (κ3) is 5.26. The van der Waals surface area contributed by atoms with Gasteiger partial charge in [0.2, 0.25) is 15.9 Å². The zero-order chi connectivity index (χ0) is 20.9. The molecule has 1 unspecified atom stereocenters. The maximum atomic E-state index is 13.0. The zero-order valence-electron chi connectivity index (χ0n) is 15.3. The minimum absolute atomic E-state index is 0.0282. The molecule has 2 rings (SSSR count). The minimum atomic E-state index is -3.91. The van der Waals surface area contributed by atoms with Gasteiger partial charge in [0.15, 0.2) is 0 Å². The zero-order valence-corrected chi connectivity index (χ0v) is 16.1. The first kappa shape index (κ1) is 21.3. The van der Waals surface area contributed by atoms with Crippen molar-refractivity contribution in [3.8, 4) is 0 Å². The number of non-ortho nitro benzene ring substituents is 1. The number of nitro groups is 1. The monoisotopic (exact) mass is 409 g/mol. The van der Waals surface area contributed by atoms with Crippen molar-refractivity contribution in [2.75, 3.05) is 10.6 Å². The average Bonchev–Trinajstić information content (AvgIpc) is 2.64. The van der Waals surface area contributed by atoms with Crippen LogP contribution in [0.3, 0.4) is 0 Å². The van der Waals surface area contributed by atoms with Gasteiger partial charge in [0.05, 0.1) is 16.9 Å². The van der Waals surface area contributed by atoms with Gasteiger partial charge in [-0.25, -0.2) is 12.8 Å². The summed E-state index contributed by atoms with van der Waals surface area (Å²) >= 11 is 0. The highest BCUT2D eigenvalue weighted by Crippen LogP contribution is 2.26. The molecule has 0 aromatic heterocycles. The molecule has 1 amide bonds. The van der Waals surface area contributed by atoms with Gasteiger partial charge in [-0.15, -0.1) is 0 Å². The summed E-state index contributed by atoms with van der Waals surface area (Å²) in [6.45, 7) is 1.72. The summed E-state index contributed by atoms with van der Waals surface area (Å²) in [5.41, 5.74) is 0.388. The molecule has 0 aliphatic heterocycles. The van der Waals surface area contributed by atoms with E-state index in [0.717, 1.165) is 16.6 Å². The standard InChI is InChI=1S/C18H20FN3O5S/c1-3-17(18(23)20-12-13-7-9-14(19)10-8-13)21(28(2,26)27)15-5-4-6-16(11-15)22(24)25/h4-11,17H,3,12H2,1-2H3,(H,20,23). The number of carbonyl (C=O) groups is 1. The topological polar surface area (TPSA) is 110 Å². The molecule has 1 atom stereocenters. The van der Waals surface area contributed by atoms with Crippen LogP contribution in [0.1, 0.15) is 18.9 Å². The Morgan fingerprint density at radius 3 is 2.43 bits per heavy atom. The van der Waals surface area contributed by atoms with E-state index < -0.39 is 32.7 Å². The smallest absolute Gasteiger partial charge is 0.271 e. The number of hydrogen-bond donors (Lipinski definition) is 1. The second-order valence-electron chi connectivity index (χ2n) is 6.10. The molecule has 0 bridgehead atoms. The molecule has 0 aliphatic carbocycles. The van der Waals surface area contributed by atoms with Crippen LogP contribution in [0.2, 0.25) is 0 Å². The van der Waals surface area contributed by atoms with Gasteiger partial charge in [-0.3, -0.25) is 19.2 Å². The van der Waals surface area contributed by atoms with E-state index in [1.54, 1.807) is 6.92 Å². The highest BCUT2D eigenvalue weighted by molar-refractivity contribution is 7.92. The van der Waals surface area contributed by atoms with Gasteiger partial charge in [0, 0.05) is 18.7 Å². The van der Waals surface area contributed by atoms with E-state index in [9.17, 15) is 27.7 Å². The molecule has 0 radical (unpaired) electrons. The van der Waals surface area contributed by atoms with E-state index in [0.29, 0.717) is 5.56 Å². The summed E-state index contributed by atoms with van der Waals surface area (Å²) in [7, 11) is -3.91. The first-order valence-corrected chi connectivity index (χ1v) is 10.2. The lowest BCUT2D eigenvalue weighted by molar-refractivity contribution is -0.384. The van der Waals surface area contributed by atoms with Crippen LogP contribution >= 0.6 is 0 Å². The third-order valence-corrected chi connectivity index (χ3v) is 5.18. The van der Waals surface area contributed by atoms with E-state index >= 15 is 0 Å². The number of rotatable bonds is 8. The van der Waals surface area contributed by atoms with Crippen molar-refractivity contribution < 1.29 is 22.5 Å². The molecule has 0 spiro atoms. The number of amides is 1. The van der Waals surface area contributed by atoms with Crippen molar-refractivity contribution in [1.82, 2.24) is 5.32 Å². The Bertz CT molecular complexity index is 963. The number of nitro benzene ring substituents is 1. The maximum Gasteiger partial charge on any atom is 0.271 e. The molecule has 2 aromatic carbocycles. The van der Waals surface area contributed by atoms with Crippen LogP contribution in [0.5, 0.6) is 0 Å². The third-order valence-electron chi connectivity index (χ3n) is 4.00. The first-order chi connectivity index (χ1) is 13.1. The predicted octanol–water partition coefficient (Wildman–Crippen LogP) is 2.59. The molecule has 10 heteroatoms. The fraction of sp³-hybridized carbons (Fsp3) is 0.278. The SMILES string of the molecule is CCC(C(=O)NCc1ccc(F)cc1)N(c1cccc([N+](=O)[O-])c1)S(C)(=O)=O. The summed E-state index contributed by atoms with van der Waals surface area (Å²) in [6.07, 6.45) is 1.08. The van der Waals surface area contributed by atoms with Crippen LogP contribution in [-0.2, 0) is 21.4 Å². The number of nitrogens with one attached hydrogen (secondary N) is 1. The highest BCUT2D eigenvalue weighted by atomic mass is 32.2. The molecule has 0 heterocycles. The Balaban J connectivity index is 2.29. The van der Waals surface area contributed by atoms with Gasteiger partial charge in [0.1, 0.15) is 11.9 Å². The van der Waals surface area contributed by atoms with Crippen LogP contribution in [-0.4, -0.2) is 31.5 Å². The largest absolute Gasteiger partial charge is 0.350 e. The second kappa shape index (κ2) is 8.79. The maximum absolute atomic E-state index is 13.0. The Morgan fingerprint density at radius 1 is 1.25 bits per heavy atom. The van der Waals surface area contributed by atoms with E-state index in [1.165, 1.54) is 42.5 Å². The molecule has 0 fully saturated rings. The molecular formula is C18H20FN3O5S. The lowest BCUT2D eigenvalue weighted by Crippen LogP contribution is -2.49. The summed E-state index contributed by atoms with van der Waals surface area (Å²) < 4.78 is 38.6. The van der Waals surface area contributed by atoms with Gasteiger partial charge >= 0.3 is 0 Å². The van der Waals surface area contributed by atoms with Crippen LogP contribution in [0, 0.1) is 15.9 Å². The van der Waals surface area contributed by atoms with Crippen molar-refractivity contribution in [2.45, 2.75) is 25.9 Å². The van der Waals surface area contributed by atoms with Gasteiger partial charge in [-0.2, -0.15) is 0 Å². The Hall–Kier alpha value is -3.01. The molecule has 0 saturated carbocycles. The molecule has 2 aromatic rings. The van der Waals surface area contributed by atoms with Crippen molar-refractivity contribution in [3.05, 3.63) is 70.0 Å². The number of anilines is 1. The molecule has 8 nitrogen and oxygen atoms in total. The molecule has 1 N–H and O–H groups in total. The molecule has 0 aliphatic rings. The molecule has 150 valence electrons. The van der Waals surface area contributed by atoms with Crippen LogP contribution in [0.25, 0.3) is 0 Å². The lowest BCUT2D eigenvalue weighted by atomic mass is 10.1. The van der Waals surface area contributed by atoms with Crippen LogP contribution in [0.4, 0.5) is 15.8 Å². The van der Waals surface area contributed by atoms with Gasteiger partial charge in [-0.1, -0.05) is 25.1 Å². The Morgan fingerprint density at radius 2 is 1.89 bits per heavy atom. The van der Waals surface area contributed by atoms with Gasteiger partial charge in [0.25, 0.3) is 5.69 Å². The van der Waals surface area contributed by atoms with Crippen molar-refractivity contribution in [2.24, 2.45) is 0 Å². The fourth-order valence-corrected chi connectivity index (χ4v) is 3.92. The summed E-state index contributed by atoms with van der Waals surface area (Å²) in [5.74, 6) is -0.973. The minimum Gasteiger partial charge on any atom is -0.350 e. The van der Waals surface area contributed by atoms with E-state index in [1.807, 2.05) is 0 Å². The predicted molar refractivity (Wildman–Crippen MR) is 103 cm³/mol. The molecule has 28 heavy (non-hydrogen) atoms. The normalized spacial score (nSPS) is 12.2. The number of hydrogen-bond acceptors (Lipinski definition) is 5. The van der Waals surface area contributed by atoms with E-state index in [2.05, 4.69) is 5.32 Å². The van der Waals surface area contributed by atoms with Crippen molar-refractivity contribution in [3.63, 3.8) is 0 Å². The second-order valence-corrected chi connectivity index (χ2v) is 7.96. The quantitative estimate of drug-likeness (QED) is 0.532. The number of sulfonamides is 1. The Labute approximate surface area is 162 Å². The van der Waals surface area contributed by atoms with E-state index in [4.69, 9.17) is 0 Å². The number of nitrogens with zero attached hydrogens (tertiary/aromatic N) is 2. The molecular weight excluding hydrogens is 389 g/mol. The van der Waals surface area contributed by atoms with E-state index in [-0.39, 0.29) is 24.3 Å². The number of benzene rings is 2. The number of carbonyl (C=O) groups excluding carboxylic acids is 1. The van der Waals surface area contributed by atoms with Crippen molar-refractivity contribution >= 4 is 27.3 Å². The highest BCUT2D eigenvalue weighted by Gasteiger charge is 2.32. The van der Waals surface area contributed by atoms with Gasteiger partial charge < -0.3 is 5.32 Å². The van der Waals surface area contributed by atoms with Crippen LogP contribution < -0.4 is 9.62 Å². The summed E-state index contributed by atoms with van der Waals surface area (Å²) in [6, 6.07) is 9.51. The van der Waals surface area contributed by atoms with Crippen molar-refractivity contribution in [1.29, 1.82) is 0 Å². The summed E-state index contributed by atoms with van der Waals surface area (Å²) in [4.78, 5) is 23.0. The van der Waals surface area contributed by atoms with Crippen LogP contribution in [0.15, 0.2) is 48.5 Å². The fourth-order valence-electron chi connectivity index (χ4n) is 2.71. The average molecular weight is 409 g/mol. The number of halogens is 1. The Kier molecular flexibility index (Phi) is 6.68. The summed E-state index contributed by atoms with van der Waals surface area (Å²) in [5, 5.41) is 13.6. The molecule has 0 saturated heterocycles.